The highest BCUT2D eigenvalue weighted by molar-refractivity contribution is 9.10. The van der Waals surface area contributed by atoms with Crippen molar-refractivity contribution < 1.29 is 4.39 Å². The molecule has 0 bridgehead atoms. The molecule has 3 heteroatoms. The molecule has 0 radical (unpaired) electrons. The second-order valence-electron chi connectivity index (χ2n) is 4.36. The molecule has 1 aromatic carbocycles. The monoisotopic (exact) mass is 299 g/mol. The van der Waals surface area contributed by atoms with Crippen LogP contribution >= 0.6 is 15.9 Å². The van der Waals surface area contributed by atoms with Gasteiger partial charge in [0.1, 0.15) is 5.82 Å². The van der Waals surface area contributed by atoms with Gasteiger partial charge in [-0.05, 0) is 24.1 Å². The smallest absolute Gasteiger partial charge is 0.124 e. The standard InChI is InChI=1S/C14H19BrFN/c1-4-11(9-17-10(2)3)7-12-5-6-13(16)8-14(12)15/h5-8,10,17H,4,9H2,1-3H3/b11-7-. The molecule has 1 aromatic rings. The van der Waals surface area contributed by atoms with E-state index in [9.17, 15) is 4.39 Å². The summed E-state index contributed by atoms with van der Waals surface area (Å²) in [6, 6.07) is 5.25. The number of hydrogen-bond acceptors (Lipinski definition) is 1. The Morgan fingerprint density at radius 2 is 2.18 bits per heavy atom. The Morgan fingerprint density at radius 1 is 1.47 bits per heavy atom. The van der Waals surface area contributed by atoms with E-state index in [0.29, 0.717) is 6.04 Å². The molecule has 0 saturated carbocycles. The average molecular weight is 300 g/mol. The number of hydrogen-bond donors (Lipinski definition) is 1. The highest BCUT2D eigenvalue weighted by Crippen LogP contribution is 2.21. The Hall–Kier alpha value is -0.670. The van der Waals surface area contributed by atoms with Gasteiger partial charge in [0.15, 0.2) is 0 Å². The molecule has 1 nitrogen and oxygen atoms in total. The van der Waals surface area contributed by atoms with Crippen molar-refractivity contribution in [3.63, 3.8) is 0 Å². The van der Waals surface area contributed by atoms with Gasteiger partial charge in [-0.1, -0.05) is 54.4 Å². The Kier molecular flexibility index (Phi) is 5.86. The Bertz CT molecular complexity index is 399. The maximum Gasteiger partial charge on any atom is 0.124 e. The van der Waals surface area contributed by atoms with Crippen molar-refractivity contribution in [1.29, 1.82) is 0 Å². The van der Waals surface area contributed by atoms with E-state index in [4.69, 9.17) is 0 Å². The summed E-state index contributed by atoms with van der Waals surface area (Å²) in [5.74, 6) is -0.215. The molecule has 0 spiro atoms. The van der Waals surface area contributed by atoms with E-state index >= 15 is 0 Å². The van der Waals surface area contributed by atoms with Gasteiger partial charge < -0.3 is 5.32 Å². The predicted molar refractivity (Wildman–Crippen MR) is 75.5 cm³/mol. The highest BCUT2D eigenvalue weighted by atomic mass is 79.9. The molecule has 0 aromatic heterocycles. The zero-order chi connectivity index (χ0) is 12.8. The molecule has 0 saturated heterocycles. The Labute approximate surface area is 111 Å². The van der Waals surface area contributed by atoms with E-state index < -0.39 is 0 Å². The van der Waals surface area contributed by atoms with Gasteiger partial charge in [-0.25, -0.2) is 4.39 Å². The molecule has 0 amide bonds. The second-order valence-corrected chi connectivity index (χ2v) is 5.21. The Morgan fingerprint density at radius 3 is 2.71 bits per heavy atom. The van der Waals surface area contributed by atoms with Gasteiger partial charge in [0.2, 0.25) is 0 Å². The van der Waals surface area contributed by atoms with Crippen LogP contribution in [0.3, 0.4) is 0 Å². The first kappa shape index (κ1) is 14.4. The molecule has 0 aliphatic carbocycles. The van der Waals surface area contributed by atoms with Crippen molar-refractivity contribution in [1.82, 2.24) is 5.32 Å². The third-order valence-corrected chi connectivity index (χ3v) is 3.20. The first-order chi connectivity index (χ1) is 8.02. The second kappa shape index (κ2) is 6.92. The van der Waals surface area contributed by atoms with Gasteiger partial charge in [-0.3, -0.25) is 0 Å². The maximum atomic E-state index is 13.0. The van der Waals surface area contributed by atoms with Crippen LogP contribution in [0.1, 0.15) is 32.8 Å². The molecule has 0 heterocycles. The SMILES string of the molecule is CC/C(=C/c1ccc(F)cc1Br)CNC(C)C. The minimum Gasteiger partial charge on any atom is -0.311 e. The minimum atomic E-state index is -0.215. The molecule has 0 aliphatic rings. The fourth-order valence-electron chi connectivity index (χ4n) is 1.45. The van der Waals surface area contributed by atoms with Crippen molar-refractivity contribution in [3.05, 3.63) is 39.6 Å². The fourth-order valence-corrected chi connectivity index (χ4v) is 1.92. The quantitative estimate of drug-likeness (QED) is 0.851. The topological polar surface area (TPSA) is 12.0 Å². The van der Waals surface area contributed by atoms with E-state index in [-0.39, 0.29) is 5.82 Å². The molecule has 94 valence electrons. The third kappa shape index (κ3) is 5.00. The summed E-state index contributed by atoms with van der Waals surface area (Å²) >= 11 is 3.38. The summed E-state index contributed by atoms with van der Waals surface area (Å²) in [6.45, 7) is 7.26. The van der Waals surface area contributed by atoms with E-state index in [1.165, 1.54) is 17.7 Å². The van der Waals surface area contributed by atoms with Crippen molar-refractivity contribution in [3.8, 4) is 0 Å². The molecular formula is C14H19BrFN. The number of benzene rings is 1. The lowest BCUT2D eigenvalue weighted by Gasteiger charge is -2.10. The van der Waals surface area contributed by atoms with Crippen LogP contribution in [0.2, 0.25) is 0 Å². The summed E-state index contributed by atoms with van der Waals surface area (Å²) in [5.41, 5.74) is 2.33. The van der Waals surface area contributed by atoms with Gasteiger partial charge in [0.25, 0.3) is 0 Å². The van der Waals surface area contributed by atoms with E-state index in [1.807, 2.05) is 0 Å². The van der Waals surface area contributed by atoms with Gasteiger partial charge in [0.05, 0.1) is 0 Å². The predicted octanol–water partition coefficient (Wildman–Crippen LogP) is 4.38. The van der Waals surface area contributed by atoms with E-state index in [2.05, 4.69) is 48.1 Å². The van der Waals surface area contributed by atoms with Crippen molar-refractivity contribution in [2.24, 2.45) is 0 Å². The largest absolute Gasteiger partial charge is 0.311 e. The summed E-state index contributed by atoms with van der Waals surface area (Å²) in [5, 5.41) is 3.39. The number of halogens is 2. The lowest BCUT2D eigenvalue weighted by atomic mass is 10.1. The lowest BCUT2D eigenvalue weighted by Crippen LogP contribution is -2.24. The summed E-state index contributed by atoms with van der Waals surface area (Å²) in [7, 11) is 0. The molecule has 1 N–H and O–H groups in total. The van der Waals surface area contributed by atoms with Crippen LogP contribution in [0.15, 0.2) is 28.2 Å². The van der Waals surface area contributed by atoms with Crippen LogP contribution < -0.4 is 5.32 Å². The molecule has 0 atom stereocenters. The number of rotatable bonds is 5. The van der Waals surface area contributed by atoms with Crippen molar-refractivity contribution in [2.45, 2.75) is 33.2 Å². The lowest BCUT2D eigenvalue weighted by molar-refractivity contribution is 0.617. The molecule has 0 aliphatic heterocycles. The van der Waals surface area contributed by atoms with Gasteiger partial charge in [-0.15, -0.1) is 0 Å². The molecular weight excluding hydrogens is 281 g/mol. The zero-order valence-corrected chi connectivity index (χ0v) is 12.1. The summed E-state index contributed by atoms with van der Waals surface area (Å²) in [4.78, 5) is 0. The van der Waals surface area contributed by atoms with Crippen LogP contribution in [0.5, 0.6) is 0 Å². The van der Waals surface area contributed by atoms with Crippen LogP contribution in [0.25, 0.3) is 6.08 Å². The zero-order valence-electron chi connectivity index (χ0n) is 10.6. The van der Waals surface area contributed by atoms with Crippen LogP contribution in [-0.2, 0) is 0 Å². The van der Waals surface area contributed by atoms with Gasteiger partial charge >= 0.3 is 0 Å². The van der Waals surface area contributed by atoms with Crippen molar-refractivity contribution >= 4 is 22.0 Å². The normalized spacial score (nSPS) is 12.2. The molecule has 17 heavy (non-hydrogen) atoms. The maximum absolute atomic E-state index is 13.0. The third-order valence-electron chi connectivity index (χ3n) is 2.51. The minimum absolute atomic E-state index is 0.215. The molecule has 0 unspecified atom stereocenters. The van der Waals surface area contributed by atoms with Crippen LogP contribution in [0, 0.1) is 5.82 Å². The molecule has 1 rings (SSSR count). The van der Waals surface area contributed by atoms with Gasteiger partial charge in [-0.2, -0.15) is 0 Å². The van der Waals surface area contributed by atoms with Crippen LogP contribution in [0.4, 0.5) is 4.39 Å². The van der Waals surface area contributed by atoms with Gasteiger partial charge in [0, 0.05) is 17.1 Å². The highest BCUT2D eigenvalue weighted by Gasteiger charge is 2.02. The van der Waals surface area contributed by atoms with E-state index in [0.717, 1.165) is 23.0 Å². The first-order valence-corrected chi connectivity index (χ1v) is 6.70. The summed E-state index contributed by atoms with van der Waals surface area (Å²) in [6.07, 6.45) is 3.10. The van der Waals surface area contributed by atoms with Crippen molar-refractivity contribution in [2.75, 3.05) is 6.54 Å². The molecule has 0 fully saturated rings. The first-order valence-electron chi connectivity index (χ1n) is 5.90. The average Bonchev–Trinajstić information content (AvgIpc) is 2.26. The van der Waals surface area contributed by atoms with Crippen LogP contribution in [-0.4, -0.2) is 12.6 Å². The fraction of sp³-hybridized carbons (Fsp3) is 0.429. The number of nitrogens with one attached hydrogen (secondary N) is 1. The Balaban J connectivity index is 2.82. The van der Waals surface area contributed by atoms with E-state index in [1.54, 1.807) is 6.07 Å². The summed E-state index contributed by atoms with van der Waals surface area (Å²) < 4.78 is 13.8.